The van der Waals surface area contributed by atoms with E-state index in [1.807, 2.05) is 20.1 Å². The second-order valence-electron chi connectivity index (χ2n) is 4.06. The van der Waals surface area contributed by atoms with Gasteiger partial charge in [0.15, 0.2) is 10.9 Å². The Morgan fingerprint density at radius 1 is 1.61 bits per heavy atom. The van der Waals surface area contributed by atoms with Crippen LogP contribution < -0.4 is 5.32 Å². The second kappa shape index (κ2) is 6.92. The molecule has 0 fully saturated rings. The van der Waals surface area contributed by atoms with E-state index in [2.05, 4.69) is 15.3 Å². The number of aliphatic hydroxyl groups is 1. The third kappa shape index (κ3) is 3.83. The van der Waals surface area contributed by atoms with Crippen LogP contribution >= 0.6 is 23.4 Å². The molecule has 0 spiro atoms. The molecule has 18 heavy (non-hydrogen) atoms. The van der Waals surface area contributed by atoms with Gasteiger partial charge >= 0.3 is 0 Å². The lowest BCUT2D eigenvalue weighted by Crippen LogP contribution is -2.41. The van der Waals surface area contributed by atoms with Gasteiger partial charge in [0, 0.05) is 0 Å². The first kappa shape index (κ1) is 15.2. The smallest absolute Gasteiger partial charge is 0.271 e. The summed E-state index contributed by atoms with van der Waals surface area (Å²) in [5.74, 6) is -0.273. The molecular formula is C11H16ClN3O2S. The number of nitrogens with one attached hydrogen (secondary N) is 1. The molecule has 0 aromatic carbocycles. The Hall–Kier alpha value is -0.850. The average Bonchev–Trinajstić information content (AvgIpc) is 2.35. The molecule has 100 valence electrons. The first-order valence-electron chi connectivity index (χ1n) is 5.47. The first-order valence-corrected chi connectivity index (χ1v) is 7.08. The van der Waals surface area contributed by atoms with Gasteiger partial charge < -0.3 is 10.4 Å². The summed E-state index contributed by atoms with van der Waals surface area (Å²) < 4.78 is 0. The molecule has 1 atom stereocenters. The van der Waals surface area contributed by atoms with Crippen LogP contribution in [0.1, 0.15) is 24.3 Å². The van der Waals surface area contributed by atoms with Crippen molar-refractivity contribution >= 4 is 29.3 Å². The van der Waals surface area contributed by atoms with Gasteiger partial charge in [0.25, 0.3) is 5.91 Å². The van der Waals surface area contributed by atoms with Gasteiger partial charge in [-0.2, -0.15) is 0 Å². The van der Waals surface area contributed by atoms with Crippen LogP contribution in [0.2, 0.25) is 5.02 Å². The Bertz CT molecular complexity index is 429. The minimum Gasteiger partial charge on any atom is -0.394 e. The number of amides is 1. The highest BCUT2D eigenvalue weighted by atomic mass is 35.5. The number of nitrogens with zero attached hydrogens (tertiary/aromatic N) is 2. The highest BCUT2D eigenvalue weighted by molar-refractivity contribution is 7.98. The largest absolute Gasteiger partial charge is 0.394 e. The maximum absolute atomic E-state index is 12.0. The molecule has 0 aliphatic carbocycles. The summed E-state index contributed by atoms with van der Waals surface area (Å²) in [4.78, 5) is 20.0. The zero-order valence-electron chi connectivity index (χ0n) is 10.5. The van der Waals surface area contributed by atoms with E-state index >= 15 is 0 Å². The fourth-order valence-electron chi connectivity index (χ4n) is 1.27. The van der Waals surface area contributed by atoms with Gasteiger partial charge in [0.1, 0.15) is 0 Å². The topological polar surface area (TPSA) is 75.1 Å². The molecule has 1 rings (SSSR count). The van der Waals surface area contributed by atoms with Crippen molar-refractivity contribution < 1.29 is 9.90 Å². The van der Waals surface area contributed by atoms with Crippen LogP contribution in [-0.2, 0) is 0 Å². The maximum atomic E-state index is 12.0. The lowest BCUT2D eigenvalue weighted by molar-refractivity contribution is 0.0891. The predicted octanol–water partition coefficient (Wildman–Crippen LogP) is 1.60. The molecule has 5 nitrogen and oxygen atoms in total. The van der Waals surface area contributed by atoms with E-state index in [-0.39, 0.29) is 29.3 Å². The van der Waals surface area contributed by atoms with Crippen molar-refractivity contribution in [1.29, 1.82) is 0 Å². The van der Waals surface area contributed by atoms with Crippen LogP contribution in [0.25, 0.3) is 0 Å². The van der Waals surface area contributed by atoms with Crippen molar-refractivity contribution in [2.24, 2.45) is 5.92 Å². The van der Waals surface area contributed by atoms with E-state index in [0.717, 1.165) is 0 Å². The zero-order valence-corrected chi connectivity index (χ0v) is 12.0. The summed E-state index contributed by atoms with van der Waals surface area (Å²) in [6.45, 7) is 3.70. The van der Waals surface area contributed by atoms with Crippen molar-refractivity contribution in [3.8, 4) is 0 Å². The van der Waals surface area contributed by atoms with Gasteiger partial charge in [0.05, 0.1) is 23.9 Å². The lowest BCUT2D eigenvalue weighted by Gasteiger charge is -2.19. The third-order valence-electron chi connectivity index (χ3n) is 2.44. The summed E-state index contributed by atoms with van der Waals surface area (Å²) in [7, 11) is 0. The molecule has 2 N–H and O–H groups in total. The van der Waals surface area contributed by atoms with Crippen LogP contribution in [0.3, 0.4) is 0 Å². The Morgan fingerprint density at radius 3 is 2.78 bits per heavy atom. The van der Waals surface area contributed by atoms with Crippen molar-refractivity contribution in [2.75, 3.05) is 12.9 Å². The molecule has 0 bridgehead atoms. The zero-order chi connectivity index (χ0) is 13.7. The quantitative estimate of drug-likeness (QED) is 0.636. The third-order valence-corrected chi connectivity index (χ3v) is 3.28. The van der Waals surface area contributed by atoms with Gasteiger partial charge in [-0.3, -0.25) is 4.79 Å². The summed E-state index contributed by atoms with van der Waals surface area (Å²) >= 11 is 7.23. The molecule has 1 amide bonds. The maximum Gasteiger partial charge on any atom is 0.271 e. The minimum absolute atomic E-state index is 0.124. The summed E-state index contributed by atoms with van der Waals surface area (Å²) in [6.07, 6.45) is 3.22. The van der Waals surface area contributed by atoms with Crippen molar-refractivity contribution in [2.45, 2.75) is 25.0 Å². The highest BCUT2D eigenvalue weighted by Gasteiger charge is 2.19. The van der Waals surface area contributed by atoms with E-state index in [0.29, 0.717) is 5.16 Å². The van der Waals surface area contributed by atoms with E-state index in [1.54, 1.807) is 0 Å². The first-order chi connectivity index (χ1) is 8.49. The summed E-state index contributed by atoms with van der Waals surface area (Å²) in [6, 6.07) is -0.318. The standard InChI is InChI=1S/C11H16ClN3O2S/c1-6(2)8(5-16)14-10(17)9-7(12)4-13-11(15-9)18-3/h4,6,8,16H,5H2,1-3H3,(H,14,17)/t8-/m1/s1. The van der Waals surface area contributed by atoms with Gasteiger partial charge in [-0.1, -0.05) is 37.2 Å². The van der Waals surface area contributed by atoms with E-state index in [4.69, 9.17) is 11.6 Å². The Labute approximate surface area is 115 Å². The number of hydrogen-bond acceptors (Lipinski definition) is 5. The Balaban J connectivity index is 2.89. The Morgan fingerprint density at radius 2 is 2.28 bits per heavy atom. The number of rotatable bonds is 5. The molecule has 0 unspecified atom stereocenters. The molecule has 7 heteroatoms. The number of halogens is 1. The average molecular weight is 290 g/mol. The molecule has 1 aromatic heterocycles. The van der Waals surface area contributed by atoms with Crippen LogP contribution in [0.4, 0.5) is 0 Å². The highest BCUT2D eigenvalue weighted by Crippen LogP contribution is 2.16. The molecule has 1 heterocycles. The summed E-state index contributed by atoms with van der Waals surface area (Å²) in [5, 5.41) is 12.6. The van der Waals surface area contributed by atoms with Gasteiger partial charge in [0.2, 0.25) is 0 Å². The van der Waals surface area contributed by atoms with Crippen LogP contribution in [0.15, 0.2) is 11.4 Å². The van der Waals surface area contributed by atoms with Crippen LogP contribution in [-0.4, -0.2) is 39.9 Å². The monoisotopic (exact) mass is 289 g/mol. The predicted molar refractivity (Wildman–Crippen MR) is 72.0 cm³/mol. The molecule has 0 saturated carbocycles. The van der Waals surface area contributed by atoms with E-state index in [9.17, 15) is 9.90 Å². The SMILES string of the molecule is CSc1ncc(Cl)c(C(=O)N[C@H](CO)C(C)C)n1. The number of hydrogen-bond donors (Lipinski definition) is 2. The normalized spacial score (nSPS) is 12.6. The van der Waals surface area contributed by atoms with Gasteiger partial charge in [-0.25, -0.2) is 9.97 Å². The number of thioether (sulfide) groups is 1. The van der Waals surface area contributed by atoms with Crippen molar-refractivity contribution in [3.63, 3.8) is 0 Å². The number of aliphatic hydroxyl groups excluding tert-OH is 1. The van der Waals surface area contributed by atoms with E-state index < -0.39 is 5.91 Å². The number of carbonyl (C=O) groups is 1. The molecule has 1 aromatic rings. The Kier molecular flexibility index (Phi) is 5.84. The summed E-state index contributed by atoms with van der Waals surface area (Å²) in [5.41, 5.74) is 0.134. The van der Waals surface area contributed by atoms with Crippen molar-refractivity contribution in [1.82, 2.24) is 15.3 Å². The molecule has 0 radical (unpaired) electrons. The molecule has 0 aliphatic heterocycles. The fraction of sp³-hybridized carbons (Fsp3) is 0.545. The molecular weight excluding hydrogens is 274 g/mol. The number of carbonyl (C=O) groups excluding carboxylic acids is 1. The van der Waals surface area contributed by atoms with Crippen molar-refractivity contribution in [3.05, 3.63) is 16.9 Å². The van der Waals surface area contributed by atoms with Gasteiger partial charge in [-0.05, 0) is 12.2 Å². The number of aromatic nitrogens is 2. The molecule has 0 aliphatic rings. The van der Waals surface area contributed by atoms with Crippen LogP contribution in [0, 0.1) is 5.92 Å². The lowest BCUT2D eigenvalue weighted by atomic mass is 10.1. The molecule has 0 saturated heterocycles. The minimum atomic E-state index is -0.398. The van der Waals surface area contributed by atoms with Crippen LogP contribution in [0.5, 0.6) is 0 Å². The van der Waals surface area contributed by atoms with Gasteiger partial charge in [-0.15, -0.1) is 0 Å². The fourth-order valence-corrected chi connectivity index (χ4v) is 1.79. The second-order valence-corrected chi connectivity index (χ2v) is 5.24. The van der Waals surface area contributed by atoms with E-state index in [1.165, 1.54) is 18.0 Å².